The number of benzene rings is 2. The van der Waals surface area contributed by atoms with E-state index >= 15 is 0 Å². The summed E-state index contributed by atoms with van der Waals surface area (Å²) in [6.07, 6.45) is 5.28. The number of likely N-dealkylation sites (tertiary alicyclic amines) is 1. The monoisotopic (exact) mass is 380 g/mol. The molecule has 4 nitrogen and oxygen atoms in total. The highest BCUT2D eigenvalue weighted by molar-refractivity contribution is 6.06. The van der Waals surface area contributed by atoms with E-state index in [4.69, 9.17) is 4.74 Å². The van der Waals surface area contributed by atoms with Gasteiger partial charge in [0, 0.05) is 30.9 Å². The second-order valence-corrected chi connectivity index (χ2v) is 7.72. The maximum atomic E-state index is 13.8. The molecule has 1 amide bonds. The Balaban J connectivity index is 1.53. The molecule has 0 aromatic heterocycles. The van der Waals surface area contributed by atoms with Crippen LogP contribution < -0.4 is 9.64 Å². The molecule has 0 aliphatic carbocycles. The lowest BCUT2D eigenvalue weighted by atomic mass is 9.82. The van der Waals surface area contributed by atoms with Crippen LogP contribution in [-0.2, 0) is 11.3 Å². The van der Waals surface area contributed by atoms with Crippen LogP contribution in [0.2, 0.25) is 0 Å². The SMILES string of the molecule is COc1cccc(CN2CCC3(C=CC(=O)N3c3cccc(F)c3)CC2C)c1. The number of anilines is 1. The van der Waals surface area contributed by atoms with Gasteiger partial charge in [-0.2, -0.15) is 0 Å². The van der Waals surface area contributed by atoms with Gasteiger partial charge in [0.25, 0.3) is 5.91 Å². The van der Waals surface area contributed by atoms with Gasteiger partial charge in [-0.25, -0.2) is 4.39 Å². The van der Waals surface area contributed by atoms with Gasteiger partial charge in [-0.3, -0.25) is 14.6 Å². The summed E-state index contributed by atoms with van der Waals surface area (Å²) in [6, 6.07) is 14.7. The van der Waals surface area contributed by atoms with E-state index in [1.165, 1.54) is 17.7 Å². The normalized spacial score (nSPS) is 24.9. The number of hydrogen-bond donors (Lipinski definition) is 0. The molecule has 2 aromatic carbocycles. The molecule has 4 rings (SSSR count). The number of carbonyl (C=O) groups is 1. The number of piperidine rings is 1. The third kappa shape index (κ3) is 3.42. The molecule has 2 aromatic rings. The number of hydrogen-bond acceptors (Lipinski definition) is 3. The Bertz CT molecular complexity index is 913. The molecule has 1 fully saturated rings. The first-order chi connectivity index (χ1) is 13.5. The van der Waals surface area contributed by atoms with E-state index in [1.54, 1.807) is 24.2 Å². The average Bonchev–Trinajstić information content (AvgIpc) is 3.00. The number of ether oxygens (including phenoxy) is 1. The van der Waals surface area contributed by atoms with E-state index in [0.29, 0.717) is 5.69 Å². The van der Waals surface area contributed by atoms with E-state index in [1.807, 2.05) is 24.3 Å². The summed E-state index contributed by atoms with van der Waals surface area (Å²) in [5.41, 5.74) is 1.46. The summed E-state index contributed by atoms with van der Waals surface area (Å²) < 4.78 is 19.1. The summed E-state index contributed by atoms with van der Waals surface area (Å²) in [6.45, 7) is 3.90. The lowest BCUT2D eigenvalue weighted by molar-refractivity contribution is -0.114. The minimum absolute atomic E-state index is 0.0703. The van der Waals surface area contributed by atoms with Crippen molar-refractivity contribution in [2.75, 3.05) is 18.6 Å². The second-order valence-electron chi connectivity index (χ2n) is 7.72. The molecule has 2 unspecified atom stereocenters. The van der Waals surface area contributed by atoms with Crippen molar-refractivity contribution in [1.29, 1.82) is 0 Å². The molecule has 146 valence electrons. The Morgan fingerprint density at radius 1 is 1.21 bits per heavy atom. The molecular weight excluding hydrogens is 355 g/mol. The average molecular weight is 380 g/mol. The van der Waals surface area contributed by atoms with Crippen LogP contribution in [0.5, 0.6) is 5.75 Å². The minimum atomic E-state index is -0.380. The molecule has 1 saturated heterocycles. The fourth-order valence-electron chi connectivity index (χ4n) is 4.49. The topological polar surface area (TPSA) is 32.8 Å². The van der Waals surface area contributed by atoms with Gasteiger partial charge in [0.15, 0.2) is 0 Å². The number of carbonyl (C=O) groups excluding carboxylic acids is 1. The number of amides is 1. The Morgan fingerprint density at radius 3 is 2.79 bits per heavy atom. The first-order valence-electron chi connectivity index (χ1n) is 9.67. The third-order valence-electron chi connectivity index (χ3n) is 5.89. The van der Waals surface area contributed by atoms with Gasteiger partial charge in [0.2, 0.25) is 0 Å². The largest absolute Gasteiger partial charge is 0.497 e. The summed E-state index contributed by atoms with van der Waals surface area (Å²) in [5, 5.41) is 0. The van der Waals surface area contributed by atoms with Crippen molar-refractivity contribution < 1.29 is 13.9 Å². The quantitative estimate of drug-likeness (QED) is 0.798. The van der Waals surface area contributed by atoms with Gasteiger partial charge in [0.1, 0.15) is 11.6 Å². The van der Waals surface area contributed by atoms with Crippen LogP contribution in [0, 0.1) is 5.82 Å². The standard InChI is InChI=1S/C23H25FN2O2/c1-17-15-23(10-9-22(27)26(23)20-7-4-6-19(24)14-20)11-12-25(17)16-18-5-3-8-21(13-18)28-2/h3-10,13-14,17H,11-12,15-16H2,1-2H3. The summed E-state index contributed by atoms with van der Waals surface area (Å²) in [7, 11) is 1.68. The Kier molecular flexibility index (Phi) is 4.94. The van der Waals surface area contributed by atoms with E-state index in [0.717, 1.165) is 31.7 Å². The minimum Gasteiger partial charge on any atom is -0.497 e. The lowest BCUT2D eigenvalue weighted by Crippen LogP contribution is -2.56. The summed E-state index contributed by atoms with van der Waals surface area (Å²) >= 11 is 0. The maximum absolute atomic E-state index is 13.8. The molecule has 1 spiro atoms. The molecule has 0 radical (unpaired) electrons. The van der Waals surface area contributed by atoms with Crippen molar-refractivity contribution in [2.45, 2.75) is 37.9 Å². The van der Waals surface area contributed by atoms with Crippen molar-refractivity contribution in [3.8, 4) is 5.75 Å². The molecule has 2 aliphatic heterocycles. The molecule has 0 saturated carbocycles. The van der Waals surface area contributed by atoms with Gasteiger partial charge in [-0.05, 0) is 55.7 Å². The number of nitrogens with zero attached hydrogens (tertiary/aromatic N) is 2. The highest BCUT2D eigenvalue weighted by atomic mass is 19.1. The molecule has 2 atom stereocenters. The van der Waals surface area contributed by atoms with Crippen LogP contribution in [0.25, 0.3) is 0 Å². The van der Waals surface area contributed by atoms with Crippen LogP contribution in [0.4, 0.5) is 10.1 Å². The highest BCUT2D eigenvalue weighted by Gasteiger charge is 2.46. The summed E-state index contributed by atoms with van der Waals surface area (Å²) in [5.74, 6) is 0.468. The maximum Gasteiger partial charge on any atom is 0.251 e. The van der Waals surface area contributed by atoms with E-state index in [-0.39, 0.29) is 23.3 Å². The van der Waals surface area contributed by atoms with Gasteiger partial charge >= 0.3 is 0 Å². The Morgan fingerprint density at radius 2 is 2.04 bits per heavy atom. The molecular formula is C23H25FN2O2. The van der Waals surface area contributed by atoms with E-state index < -0.39 is 0 Å². The number of methoxy groups -OCH3 is 1. The van der Waals surface area contributed by atoms with E-state index in [2.05, 4.69) is 24.0 Å². The van der Waals surface area contributed by atoms with Crippen molar-refractivity contribution in [1.82, 2.24) is 4.90 Å². The predicted molar refractivity (Wildman–Crippen MR) is 108 cm³/mol. The molecule has 2 aliphatic rings. The number of halogens is 1. The van der Waals surface area contributed by atoms with Crippen LogP contribution >= 0.6 is 0 Å². The van der Waals surface area contributed by atoms with Crippen molar-refractivity contribution in [3.63, 3.8) is 0 Å². The third-order valence-corrected chi connectivity index (χ3v) is 5.89. The van der Waals surface area contributed by atoms with Crippen LogP contribution in [0.15, 0.2) is 60.7 Å². The first kappa shape index (κ1) is 18.7. The fraction of sp³-hybridized carbons (Fsp3) is 0.348. The van der Waals surface area contributed by atoms with E-state index in [9.17, 15) is 9.18 Å². The zero-order chi connectivity index (χ0) is 19.7. The zero-order valence-electron chi connectivity index (χ0n) is 16.3. The molecule has 5 heteroatoms. The van der Waals surface area contributed by atoms with Gasteiger partial charge in [0.05, 0.1) is 12.6 Å². The lowest BCUT2D eigenvalue weighted by Gasteiger charge is -2.47. The smallest absolute Gasteiger partial charge is 0.251 e. The predicted octanol–water partition coefficient (Wildman–Crippen LogP) is 4.16. The molecule has 28 heavy (non-hydrogen) atoms. The molecule has 0 N–H and O–H groups in total. The molecule has 0 bridgehead atoms. The van der Waals surface area contributed by atoms with Gasteiger partial charge in [-0.1, -0.05) is 24.3 Å². The fourth-order valence-corrected chi connectivity index (χ4v) is 4.49. The Hall–Kier alpha value is -2.66. The first-order valence-corrected chi connectivity index (χ1v) is 9.67. The summed E-state index contributed by atoms with van der Waals surface area (Å²) in [4.78, 5) is 16.8. The van der Waals surface area contributed by atoms with Crippen molar-refractivity contribution in [2.24, 2.45) is 0 Å². The second kappa shape index (κ2) is 7.40. The number of rotatable bonds is 4. The van der Waals surface area contributed by atoms with Crippen LogP contribution in [0.1, 0.15) is 25.3 Å². The zero-order valence-corrected chi connectivity index (χ0v) is 16.3. The molecule has 2 heterocycles. The van der Waals surface area contributed by atoms with Crippen molar-refractivity contribution in [3.05, 3.63) is 72.1 Å². The van der Waals surface area contributed by atoms with Crippen molar-refractivity contribution >= 4 is 11.6 Å². The highest BCUT2D eigenvalue weighted by Crippen LogP contribution is 2.40. The van der Waals surface area contributed by atoms with Crippen LogP contribution in [0.3, 0.4) is 0 Å². The van der Waals surface area contributed by atoms with Gasteiger partial charge < -0.3 is 4.74 Å². The Labute approximate surface area is 165 Å². The van der Waals surface area contributed by atoms with Crippen LogP contribution in [-0.4, -0.2) is 36.0 Å². The van der Waals surface area contributed by atoms with Gasteiger partial charge in [-0.15, -0.1) is 0 Å².